The van der Waals surface area contributed by atoms with Crippen molar-refractivity contribution in [3.8, 4) is 11.5 Å². The Labute approximate surface area is 142 Å². The molecule has 2 aromatic rings. The quantitative estimate of drug-likeness (QED) is 0.587. The van der Waals surface area contributed by atoms with Crippen LogP contribution in [0.4, 0.5) is 0 Å². The number of rotatable bonds is 6. The van der Waals surface area contributed by atoms with Gasteiger partial charge >= 0.3 is 10.1 Å². The second kappa shape index (κ2) is 7.05. The minimum Gasteiger partial charge on any atom is -0.491 e. The Morgan fingerprint density at radius 1 is 1.08 bits per heavy atom. The normalized spacial score (nSPS) is 11.4. The van der Waals surface area contributed by atoms with Gasteiger partial charge in [-0.15, -0.1) is 0 Å². The highest BCUT2D eigenvalue weighted by Gasteiger charge is 2.18. The lowest BCUT2D eigenvalue weighted by atomic mass is 10.1. The predicted octanol–water partition coefficient (Wildman–Crippen LogP) is 3.75. The second-order valence-electron chi connectivity index (χ2n) is 5.72. The maximum Gasteiger partial charge on any atom is 0.339 e. The van der Waals surface area contributed by atoms with E-state index < -0.39 is 10.1 Å². The predicted molar refractivity (Wildman–Crippen MR) is 91.2 cm³/mol. The Bertz CT molecular complexity index is 853. The van der Waals surface area contributed by atoms with Crippen molar-refractivity contribution in [2.45, 2.75) is 38.7 Å². The average molecular weight is 348 g/mol. The van der Waals surface area contributed by atoms with Crippen molar-refractivity contribution in [2.24, 2.45) is 0 Å². The Hall–Kier alpha value is -2.34. The van der Waals surface area contributed by atoms with Gasteiger partial charge in [0.05, 0.1) is 6.10 Å². The van der Waals surface area contributed by atoms with Crippen molar-refractivity contribution in [1.29, 1.82) is 0 Å². The summed E-state index contributed by atoms with van der Waals surface area (Å²) in [6.07, 6.45) is -0.00303. The van der Waals surface area contributed by atoms with E-state index >= 15 is 0 Å². The number of carbonyl (C=O) groups excluding carboxylic acids is 1. The van der Waals surface area contributed by atoms with Gasteiger partial charge in [-0.05, 0) is 63.6 Å². The third-order valence-corrected chi connectivity index (χ3v) is 4.49. The summed E-state index contributed by atoms with van der Waals surface area (Å²) in [5.74, 6) is 0.564. The molecule has 0 spiro atoms. The largest absolute Gasteiger partial charge is 0.491 e. The summed E-state index contributed by atoms with van der Waals surface area (Å²) in [4.78, 5) is 11.4. The molecule has 0 fully saturated rings. The molecule has 2 aromatic carbocycles. The van der Waals surface area contributed by atoms with Crippen LogP contribution >= 0.6 is 0 Å². The highest BCUT2D eigenvalue weighted by molar-refractivity contribution is 7.87. The molecule has 0 atom stereocenters. The maximum atomic E-state index is 12.4. The molecule has 0 N–H and O–H groups in total. The molecule has 2 rings (SSSR count). The molecule has 0 saturated carbocycles. The van der Waals surface area contributed by atoms with Gasteiger partial charge in [0.15, 0.2) is 5.78 Å². The van der Waals surface area contributed by atoms with Crippen LogP contribution < -0.4 is 8.92 Å². The Kier molecular flexibility index (Phi) is 5.29. The zero-order valence-electron chi connectivity index (χ0n) is 14.1. The van der Waals surface area contributed by atoms with Gasteiger partial charge in [-0.1, -0.05) is 12.1 Å². The van der Waals surface area contributed by atoms with E-state index in [-0.39, 0.29) is 22.5 Å². The number of hydrogen-bond donors (Lipinski definition) is 0. The molecule has 0 aliphatic heterocycles. The van der Waals surface area contributed by atoms with E-state index in [4.69, 9.17) is 8.92 Å². The molecule has 128 valence electrons. The first-order valence-corrected chi connectivity index (χ1v) is 8.92. The molecule has 5 nitrogen and oxygen atoms in total. The topological polar surface area (TPSA) is 69.7 Å². The smallest absolute Gasteiger partial charge is 0.339 e. The van der Waals surface area contributed by atoms with E-state index in [0.717, 1.165) is 0 Å². The zero-order chi connectivity index (χ0) is 17.9. The molecule has 0 amide bonds. The highest BCUT2D eigenvalue weighted by Crippen LogP contribution is 2.25. The first-order chi connectivity index (χ1) is 11.2. The number of hydrogen-bond acceptors (Lipinski definition) is 5. The molecular weight excluding hydrogens is 328 g/mol. The fourth-order valence-corrected chi connectivity index (χ4v) is 3.11. The van der Waals surface area contributed by atoms with Crippen LogP contribution in [0.2, 0.25) is 0 Å². The van der Waals surface area contributed by atoms with Gasteiger partial charge in [0.2, 0.25) is 0 Å². The van der Waals surface area contributed by atoms with Gasteiger partial charge in [0.25, 0.3) is 0 Å². The van der Waals surface area contributed by atoms with Gasteiger partial charge in [-0.25, -0.2) is 0 Å². The molecule has 0 aromatic heterocycles. The summed E-state index contributed by atoms with van der Waals surface area (Å²) >= 11 is 0. The fourth-order valence-electron chi connectivity index (χ4n) is 2.11. The van der Waals surface area contributed by atoms with Crippen molar-refractivity contribution in [2.75, 3.05) is 0 Å². The van der Waals surface area contributed by atoms with Crippen LogP contribution in [0.3, 0.4) is 0 Å². The van der Waals surface area contributed by atoms with Crippen molar-refractivity contribution in [3.63, 3.8) is 0 Å². The van der Waals surface area contributed by atoms with Crippen molar-refractivity contribution < 1.29 is 22.1 Å². The SMILES string of the molecule is CC(=O)c1cccc(OS(=O)(=O)c2ccc(OC(C)C)c(C)c2)c1. The summed E-state index contributed by atoms with van der Waals surface area (Å²) in [5, 5.41) is 0. The molecular formula is C18H20O5S. The number of aryl methyl sites for hydroxylation is 1. The minimum absolute atomic E-state index is 0.00303. The number of benzene rings is 2. The van der Waals surface area contributed by atoms with Gasteiger partial charge in [-0.3, -0.25) is 4.79 Å². The van der Waals surface area contributed by atoms with Crippen LogP contribution in [-0.2, 0) is 10.1 Å². The minimum atomic E-state index is -3.99. The van der Waals surface area contributed by atoms with E-state index in [9.17, 15) is 13.2 Å². The van der Waals surface area contributed by atoms with E-state index in [0.29, 0.717) is 16.9 Å². The summed E-state index contributed by atoms with van der Waals surface area (Å²) in [6, 6.07) is 10.6. The first kappa shape index (κ1) is 18.0. The van der Waals surface area contributed by atoms with E-state index in [1.165, 1.54) is 31.2 Å². The molecule has 0 aliphatic carbocycles. The van der Waals surface area contributed by atoms with Crippen molar-refractivity contribution in [3.05, 3.63) is 53.6 Å². The molecule has 0 unspecified atom stereocenters. The summed E-state index contributed by atoms with van der Waals surface area (Å²) in [5.41, 5.74) is 1.09. The monoisotopic (exact) mass is 348 g/mol. The van der Waals surface area contributed by atoms with Gasteiger partial charge in [0.1, 0.15) is 16.4 Å². The van der Waals surface area contributed by atoms with Crippen LogP contribution in [-0.4, -0.2) is 20.3 Å². The lowest BCUT2D eigenvalue weighted by Crippen LogP contribution is -2.11. The van der Waals surface area contributed by atoms with Crippen LogP contribution in [0.25, 0.3) is 0 Å². The van der Waals surface area contributed by atoms with Crippen LogP contribution in [0, 0.1) is 6.92 Å². The van der Waals surface area contributed by atoms with E-state index in [1.54, 1.807) is 25.1 Å². The van der Waals surface area contributed by atoms with E-state index in [2.05, 4.69) is 0 Å². The Morgan fingerprint density at radius 2 is 1.79 bits per heavy atom. The molecule has 0 saturated heterocycles. The third-order valence-electron chi connectivity index (χ3n) is 3.24. The average Bonchev–Trinajstić information content (AvgIpc) is 2.48. The van der Waals surface area contributed by atoms with Crippen LogP contribution in [0.15, 0.2) is 47.4 Å². The van der Waals surface area contributed by atoms with Gasteiger partial charge in [0, 0.05) is 5.56 Å². The standard InChI is InChI=1S/C18H20O5S/c1-12(2)22-18-9-8-17(10-13(18)3)24(20,21)23-16-7-5-6-15(11-16)14(4)19/h5-12H,1-4H3. The Morgan fingerprint density at radius 3 is 2.38 bits per heavy atom. The summed E-state index contributed by atoms with van der Waals surface area (Å²) < 4.78 is 35.6. The van der Waals surface area contributed by atoms with Crippen molar-refractivity contribution >= 4 is 15.9 Å². The molecule has 24 heavy (non-hydrogen) atoms. The Balaban J connectivity index is 2.29. The lowest BCUT2D eigenvalue weighted by Gasteiger charge is -2.14. The molecule has 0 aliphatic rings. The number of Topliss-reactive ketones (excluding diaryl/α,β-unsaturated/α-hetero) is 1. The molecule has 6 heteroatoms. The van der Waals surface area contributed by atoms with Gasteiger partial charge in [-0.2, -0.15) is 8.42 Å². The zero-order valence-corrected chi connectivity index (χ0v) is 14.9. The molecule has 0 radical (unpaired) electrons. The van der Waals surface area contributed by atoms with Crippen LogP contribution in [0.1, 0.15) is 36.7 Å². The van der Waals surface area contributed by atoms with E-state index in [1.807, 2.05) is 13.8 Å². The number of carbonyl (C=O) groups is 1. The highest BCUT2D eigenvalue weighted by atomic mass is 32.2. The maximum absolute atomic E-state index is 12.4. The van der Waals surface area contributed by atoms with Crippen molar-refractivity contribution in [1.82, 2.24) is 0 Å². The van der Waals surface area contributed by atoms with Gasteiger partial charge < -0.3 is 8.92 Å². The number of ether oxygens (including phenoxy) is 1. The summed E-state index contributed by atoms with van der Waals surface area (Å²) in [7, 11) is -3.99. The third kappa shape index (κ3) is 4.35. The number of ketones is 1. The molecule has 0 bridgehead atoms. The molecule has 0 heterocycles. The van der Waals surface area contributed by atoms with Crippen LogP contribution in [0.5, 0.6) is 11.5 Å². The lowest BCUT2D eigenvalue weighted by molar-refractivity contribution is 0.101. The second-order valence-corrected chi connectivity index (χ2v) is 7.26. The fraction of sp³-hybridized carbons (Fsp3) is 0.278. The first-order valence-electron chi connectivity index (χ1n) is 7.52. The summed E-state index contributed by atoms with van der Waals surface area (Å²) in [6.45, 7) is 6.97.